The Morgan fingerprint density at radius 1 is 0.639 bits per heavy atom. The minimum atomic E-state index is -0.825. The van der Waals surface area contributed by atoms with E-state index in [1.807, 2.05) is 0 Å². The van der Waals surface area contributed by atoms with Crippen LogP contribution in [-0.2, 0) is 6.42 Å². The topological polar surface area (TPSA) is 9.23 Å². The third-order valence-electron chi connectivity index (χ3n) is 10.4. The minimum Gasteiger partial charge on any atom is -0.491 e. The summed E-state index contributed by atoms with van der Waals surface area (Å²) in [4.78, 5) is 0. The monoisotopic (exact) mass is 502 g/mol. The molecule has 0 N–H and O–H groups in total. The smallest absolute Gasteiger partial charge is 0.200 e. The summed E-state index contributed by atoms with van der Waals surface area (Å²) in [7, 11) is 0. The normalized spacial score (nSPS) is 31.3. The minimum absolute atomic E-state index is 0.0315. The molecular weight excluding hydrogens is 450 g/mol. The van der Waals surface area contributed by atoms with Crippen LogP contribution >= 0.6 is 0 Å². The van der Waals surface area contributed by atoms with Gasteiger partial charge in [-0.25, -0.2) is 4.39 Å². The molecule has 1 aromatic carbocycles. The van der Waals surface area contributed by atoms with E-state index in [9.17, 15) is 8.78 Å². The van der Waals surface area contributed by atoms with Crippen molar-refractivity contribution in [2.45, 2.75) is 129 Å². The van der Waals surface area contributed by atoms with Gasteiger partial charge < -0.3 is 4.74 Å². The van der Waals surface area contributed by atoms with Crippen LogP contribution in [-0.4, -0.2) is 6.61 Å². The Morgan fingerprint density at radius 3 is 1.64 bits per heavy atom. The van der Waals surface area contributed by atoms with Crippen molar-refractivity contribution in [3.63, 3.8) is 0 Å². The molecule has 3 heteroatoms. The second-order valence-electron chi connectivity index (χ2n) is 12.6. The molecule has 4 rings (SSSR count). The maximum absolute atomic E-state index is 14.4. The first-order valence-corrected chi connectivity index (χ1v) is 15.7. The highest BCUT2D eigenvalue weighted by molar-refractivity contribution is 5.31. The second-order valence-corrected chi connectivity index (χ2v) is 12.6. The van der Waals surface area contributed by atoms with E-state index in [0.717, 1.165) is 36.0 Å². The third-order valence-corrected chi connectivity index (χ3v) is 10.4. The maximum atomic E-state index is 14.4. The van der Waals surface area contributed by atoms with E-state index in [2.05, 4.69) is 6.92 Å². The van der Waals surface area contributed by atoms with Gasteiger partial charge in [0, 0.05) is 0 Å². The fraction of sp³-hybridized carbons (Fsp3) is 0.818. The Kier molecular flexibility index (Phi) is 11.0. The average Bonchev–Trinajstić information content (AvgIpc) is 2.92. The van der Waals surface area contributed by atoms with Crippen LogP contribution in [0.1, 0.15) is 129 Å². The predicted octanol–water partition coefficient (Wildman–Crippen LogP) is 10.3. The quantitative estimate of drug-likeness (QED) is 0.273. The number of benzene rings is 1. The van der Waals surface area contributed by atoms with Crippen molar-refractivity contribution in [3.8, 4) is 5.75 Å². The van der Waals surface area contributed by atoms with Crippen LogP contribution in [0.2, 0.25) is 0 Å². The Morgan fingerprint density at radius 2 is 1.14 bits per heavy atom. The molecule has 0 unspecified atom stereocenters. The Balaban J connectivity index is 1.13. The van der Waals surface area contributed by atoms with E-state index in [0.29, 0.717) is 24.5 Å². The molecule has 0 spiro atoms. The van der Waals surface area contributed by atoms with Gasteiger partial charge >= 0.3 is 0 Å². The largest absolute Gasteiger partial charge is 0.491 e. The van der Waals surface area contributed by atoms with Crippen molar-refractivity contribution in [1.29, 1.82) is 0 Å². The lowest BCUT2D eigenvalue weighted by Gasteiger charge is -2.41. The first kappa shape index (κ1) is 27.9. The van der Waals surface area contributed by atoms with Crippen LogP contribution in [0.4, 0.5) is 8.78 Å². The molecule has 36 heavy (non-hydrogen) atoms. The molecule has 0 heterocycles. The van der Waals surface area contributed by atoms with Crippen LogP contribution in [0, 0.1) is 47.1 Å². The highest BCUT2D eigenvalue weighted by atomic mass is 19.2. The molecule has 1 nitrogen and oxygen atoms in total. The van der Waals surface area contributed by atoms with Crippen LogP contribution in [0.3, 0.4) is 0 Å². The number of ether oxygens (including phenoxy) is 1. The molecule has 204 valence electrons. The molecule has 1 aromatic rings. The van der Waals surface area contributed by atoms with Crippen LogP contribution in [0.15, 0.2) is 12.1 Å². The van der Waals surface area contributed by atoms with E-state index in [1.165, 1.54) is 103 Å². The zero-order chi connectivity index (χ0) is 25.3. The fourth-order valence-corrected chi connectivity index (χ4v) is 8.06. The first-order valence-electron chi connectivity index (χ1n) is 15.7. The van der Waals surface area contributed by atoms with E-state index in [4.69, 9.17) is 4.74 Å². The molecule has 0 atom stereocenters. The van der Waals surface area contributed by atoms with Crippen molar-refractivity contribution in [3.05, 3.63) is 29.3 Å². The van der Waals surface area contributed by atoms with Crippen molar-refractivity contribution < 1.29 is 13.5 Å². The summed E-state index contributed by atoms with van der Waals surface area (Å²) in [5, 5.41) is 0. The van der Waals surface area contributed by atoms with Gasteiger partial charge in [-0.15, -0.1) is 0 Å². The number of halogens is 2. The number of hydrogen-bond acceptors (Lipinski definition) is 1. The summed E-state index contributed by atoms with van der Waals surface area (Å²) < 4.78 is 33.8. The molecule has 0 amide bonds. The van der Waals surface area contributed by atoms with E-state index in [1.54, 1.807) is 19.1 Å². The van der Waals surface area contributed by atoms with Gasteiger partial charge in [-0.3, -0.25) is 0 Å². The van der Waals surface area contributed by atoms with Gasteiger partial charge in [-0.1, -0.05) is 64.4 Å². The first-order chi connectivity index (χ1) is 17.6. The summed E-state index contributed by atoms with van der Waals surface area (Å²) in [6.45, 7) is 4.45. The van der Waals surface area contributed by atoms with Gasteiger partial charge in [0.1, 0.15) is 0 Å². The molecule has 3 aliphatic rings. The number of aryl methyl sites for hydroxylation is 1. The zero-order valence-corrected chi connectivity index (χ0v) is 23.2. The van der Waals surface area contributed by atoms with Crippen molar-refractivity contribution in [2.75, 3.05) is 6.61 Å². The van der Waals surface area contributed by atoms with E-state index in [-0.39, 0.29) is 5.75 Å². The zero-order valence-electron chi connectivity index (χ0n) is 23.2. The number of unbranched alkanes of at least 4 members (excludes halogenated alkanes) is 2. The summed E-state index contributed by atoms with van der Waals surface area (Å²) in [5.41, 5.74) is 0.506. The van der Waals surface area contributed by atoms with Crippen molar-refractivity contribution in [1.82, 2.24) is 0 Å². The van der Waals surface area contributed by atoms with Gasteiger partial charge in [0.05, 0.1) is 6.61 Å². The van der Waals surface area contributed by atoms with Crippen LogP contribution in [0.25, 0.3) is 0 Å². The summed E-state index contributed by atoms with van der Waals surface area (Å²) >= 11 is 0. The Bertz CT molecular complexity index is 768. The molecule has 0 saturated heterocycles. The maximum Gasteiger partial charge on any atom is 0.200 e. The van der Waals surface area contributed by atoms with Crippen molar-refractivity contribution in [2.24, 2.45) is 35.5 Å². The predicted molar refractivity (Wildman–Crippen MR) is 146 cm³/mol. The summed E-state index contributed by atoms with van der Waals surface area (Å²) in [6, 6.07) is 3.30. The molecule has 0 aromatic heterocycles. The SMILES string of the molecule is CCCCCC1CCC(C2CCC(C3CCC(CCc4ccc(OCC)c(F)c4F)CC3)CC2)CC1. The molecule has 3 saturated carbocycles. The standard InChI is InChI=1S/C33H52F2O/c1-3-5-6-7-24-8-13-26(14-9-24)28-18-20-29(21-19-28)27-15-10-25(11-16-27)12-17-30-22-23-31(36-4-2)33(35)32(30)34/h22-29H,3-21H2,1-2H3. The molecular formula is C33H52F2O. The Hall–Kier alpha value is -1.12. The molecule has 3 fully saturated rings. The lowest BCUT2D eigenvalue weighted by Crippen LogP contribution is -2.29. The van der Waals surface area contributed by atoms with Crippen LogP contribution in [0.5, 0.6) is 5.75 Å². The summed E-state index contributed by atoms with van der Waals surface area (Å²) in [6.07, 6.45) is 24.5. The van der Waals surface area contributed by atoms with Crippen molar-refractivity contribution >= 4 is 0 Å². The lowest BCUT2D eigenvalue weighted by molar-refractivity contribution is 0.102. The average molecular weight is 503 g/mol. The van der Waals surface area contributed by atoms with Gasteiger partial charge in [-0.2, -0.15) is 4.39 Å². The number of hydrogen-bond donors (Lipinski definition) is 0. The van der Waals surface area contributed by atoms with Crippen LogP contribution < -0.4 is 4.74 Å². The second kappa shape index (κ2) is 14.1. The van der Waals surface area contributed by atoms with E-state index >= 15 is 0 Å². The highest BCUT2D eigenvalue weighted by Crippen LogP contribution is 2.46. The van der Waals surface area contributed by atoms with Gasteiger partial charge in [0.2, 0.25) is 5.82 Å². The van der Waals surface area contributed by atoms with Gasteiger partial charge in [0.15, 0.2) is 11.6 Å². The van der Waals surface area contributed by atoms with Gasteiger partial charge in [-0.05, 0) is 118 Å². The molecule has 0 radical (unpaired) electrons. The number of rotatable bonds is 11. The molecule has 3 aliphatic carbocycles. The highest BCUT2D eigenvalue weighted by Gasteiger charge is 2.34. The Labute approximate surface area is 220 Å². The molecule has 0 aliphatic heterocycles. The third kappa shape index (κ3) is 7.47. The lowest BCUT2D eigenvalue weighted by atomic mass is 9.64. The van der Waals surface area contributed by atoms with Gasteiger partial charge in [0.25, 0.3) is 0 Å². The summed E-state index contributed by atoms with van der Waals surface area (Å²) in [5.74, 6) is 4.09. The fourth-order valence-electron chi connectivity index (χ4n) is 8.06. The van der Waals surface area contributed by atoms with E-state index < -0.39 is 11.6 Å². The molecule has 0 bridgehead atoms.